The van der Waals surface area contributed by atoms with Crippen LogP contribution in [-0.4, -0.2) is 142 Å². The van der Waals surface area contributed by atoms with Gasteiger partial charge in [-0.3, -0.25) is 47.9 Å². The van der Waals surface area contributed by atoms with E-state index in [1.54, 1.807) is 20.8 Å². The van der Waals surface area contributed by atoms with Crippen molar-refractivity contribution in [3.63, 3.8) is 0 Å². The molecule has 362 valence electrons. The third-order valence-electron chi connectivity index (χ3n) is 9.53. The first kappa shape index (κ1) is 52.9. The van der Waals surface area contributed by atoms with Crippen molar-refractivity contribution in [1.82, 2.24) is 0 Å². The van der Waals surface area contributed by atoms with Crippen LogP contribution >= 0.6 is 23.5 Å². The van der Waals surface area contributed by atoms with Gasteiger partial charge < -0.3 is 57.6 Å². The molecule has 66 heavy (non-hydrogen) atoms. The molecule has 0 radical (unpaired) electrons. The number of benzene rings is 1. The number of rotatable bonds is 14. The van der Waals surface area contributed by atoms with Crippen LogP contribution in [0.1, 0.15) is 96.9 Å². The maximum absolute atomic E-state index is 14.3. The van der Waals surface area contributed by atoms with Crippen LogP contribution in [0.2, 0.25) is 0 Å². The first-order valence-corrected chi connectivity index (χ1v) is 21.8. The molecule has 2 aliphatic heterocycles. The maximum Gasteiger partial charge on any atom is 0.303 e. The van der Waals surface area contributed by atoms with E-state index < -0.39 is 170 Å². The number of ether oxygens (including phenoxy) is 10. The van der Waals surface area contributed by atoms with Gasteiger partial charge in [0.1, 0.15) is 47.8 Å². The second-order valence-electron chi connectivity index (χ2n) is 16.0. The third kappa shape index (κ3) is 12.8. The molecule has 2 fully saturated rings. The van der Waals surface area contributed by atoms with Gasteiger partial charge in [-0.25, -0.2) is 0 Å². The SMILES string of the molecule is CC(=O)OCC1OC(Sc2c(O)c3c(c(O)c2SC2OC(COC(C)=O)C(OC(C)=O)C(OC(C)=O)C2OC(C)=O)C(=O)C(C(C)(C)C)=CC3=O)C(OC(C)=O)C(OC(C)=O)C1OC(C)=O. The van der Waals surface area contributed by atoms with Gasteiger partial charge in [-0.05, 0) is 11.5 Å². The van der Waals surface area contributed by atoms with Gasteiger partial charge in [-0.15, -0.1) is 0 Å². The second kappa shape index (κ2) is 21.7. The Morgan fingerprint density at radius 1 is 0.515 bits per heavy atom. The summed E-state index contributed by atoms with van der Waals surface area (Å²) in [6.45, 7) is 11.6. The van der Waals surface area contributed by atoms with Crippen LogP contribution in [0.3, 0.4) is 0 Å². The monoisotopic (exact) mass is 970 g/mol. The van der Waals surface area contributed by atoms with E-state index >= 15 is 0 Å². The van der Waals surface area contributed by atoms with Gasteiger partial charge in [0.15, 0.2) is 48.2 Å². The lowest BCUT2D eigenvalue weighted by atomic mass is 9.76. The zero-order chi connectivity index (χ0) is 49.7. The summed E-state index contributed by atoms with van der Waals surface area (Å²) in [4.78, 5) is 127. The quantitative estimate of drug-likeness (QED) is 0.154. The number of aromatic hydroxyl groups is 2. The number of allylic oxidation sites excluding steroid dienone is 2. The van der Waals surface area contributed by atoms with Gasteiger partial charge in [-0.1, -0.05) is 44.3 Å². The van der Waals surface area contributed by atoms with E-state index in [2.05, 4.69) is 0 Å². The van der Waals surface area contributed by atoms with Crippen molar-refractivity contribution >= 4 is 82.8 Å². The van der Waals surface area contributed by atoms with E-state index in [-0.39, 0.29) is 5.57 Å². The zero-order valence-electron chi connectivity index (χ0n) is 37.6. The normalized spacial score (nSPS) is 26.1. The van der Waals surface area contributed by atoms with Gasteiger partial charge in [0.2, 0.25) is 0 Å². The van der Waals surface area contributed by atoms with E-state index in [0.29, 0.717) is 23.5 Å². The predicted octanol–water partition coefficient (Wildman–Crippen LogP) is 2.80. The Bertz CT molecular complexity index is 2190. The fourth-order valence-corrected chi connectivity index (χ4v) is 9.79. The van der Waals surface area contributed by atoms with Crippen LogP contribution in [0.4, 0.5) is 0 Å². The first-order valence-electron chi connectivity index (χ1n) is 20.0. The average Bonchev–Trinajstić information content (AvgIpc) is 3.17. The molecular weight excluding hydrogens is 921 g/mol. The van der Waals surface area contributed by atoms with Crippen molar-refractivity contribution < 1.29 is 106 Å². The van der Waals surface area contributed by atoms with E-state index in [1.165, 1.54) is 0 Å². The molecule has 4 rings (SSSR count). The molecule has 2 saturated heterocycles. The molecule has 2 heterocycles. The molecule has 1 aliphatic carbocycles. The summed E-state index contributed by atoms with van der Waals surface area (Å²) in [5.74, 6) is -11.1. The first-order chi connectivity index (χ1) is 30.6. The van der Waals surface area contributed by atoms with Crippen LogP contribution in [0, 0.1) is 5.41 Å². The number of hydrogen-bond acceptors (Lipinski definition) is 24. The van der Waals surface area contributed by atoms with Crippen molar-refractivity contribution in [3.05, 3.63) is 22.8 Å². The van der Waals surface area contributed by atoms with Crippen LogP contribution < -0.4 is 0 Å². The van der Waals surface area contributed by atoms with Crippen molar-refractivity contribution in [3.8, 4) is 11.5 Å². The third-order valence-corrected chi connectivity index (χ3v) is 12.1. The molecule has 2 N–H and O–H groups in total. The fraction of sp³-hybridized carbons (Fsp3) is 0.571. The molecule has 10 unspecified atom stereocenters. The molecule has 1 aromatic carbocycles. The summed E-state index contributed by atoms with van der Waals surface area (Å²) in [6, 6.07) is 0. The molecule has 0 amide bonds. The summed E-state index contributed by atoms with van der Waals surface area (Å²) in [5.41, 5.74) is -5.86. The number of ketones is 2. The second-order valence-corrected chi connectivity index (χ2v) is 18.2. The van der Waals surface area contributed by atoms with Gasteiger partial charge in [-0.2, -0.15) is 0 Å². The Kier molecular flexibility index (Phi) is 17.4. The van der Waals surface area contributed by atoms with Crippen LogP contribution in [0.25, 0.3) is 0 Å². The number of esters is 8. The Labute approximate surface area is 385 Å². The van der Waals surface area contributed by atoms with Crippen LogP contribution in [0.15, 0.2) is 21.4 Å². The van der Waals surface area contributed by atoms with E-state index in [0.717, 1.165) is 61.5 Å². The number of hydrogen-bond donors (Lipinski definition) is 2. The van der Waals surface area contributed by atoms with Crippen LogP contribution in [-0.2, 0) is 85.7 Å². The van der Waals surface area contributed by atoms with Crippen LogP contribution in [0.5, 0.6) is 11.5 Å². The minimum absolute atomic E-state index is 0.0714. The van der Waals surface area contributed by atoms with Crippen molar-refractivity contribution in [2.45, 2.75) is 146 Å². The molecule has 0 spiro atoms. The minimum Gasteiger partial charge on any atom is -0.506 e. The van der Waals surface area contributed by atoms with Gasteiger partial charge in [0.25, 0.3) is 0 Å². The Morgan fingerprint density at radius 2 is 0.833 bits per heavy atom. The van der Waals surface area contributed by atoms with Crippen molar-refractivity contribution in [2.75, 3.05) is 13.2 Å². The molecule has 0 aromatic heterocycles. The maximum atomic E-state index is 14.3. The number of phenols is 2. The number of fused-ring (bicyclic) bond motifs is 1. The Balaban J connectivity index is 2.07. The molecule has 3 aliphatic rings. The summed E-state index contributed by atoms with van der Waals surface area (Å²) >= 11 is 0.842. The summed E-state index contributed by atoms with van der Waals surface area (Å²) in [6.07, 6.45) is -12.2. The Hall–Kier alpha value is -5.72. The average molecular weight is 971 g/mol. The predicted molar refractivity (Wildman–Crippen MR) is 222 cm³/mol. The highest BCUT2D eigenvalue weighted by atomic mass is 32.2. The smallest absolute Gasteiger partial charge is 0.303 e. The molecular formula is C42H50O22S2. The largest absolute Gasteiger partial charge is 0.506 e. The summed E-state index contributed by atoms with van der Waals surface area (Å²) in [7, 11) is 0. The number of Topliss-reactive ketones (excluding diaryl/α,β-unsaturated/α-hetero) is 1. The molecule has 22 nitrogen and oxygen atoms in total. The topological polar surface area (TPSA) is 303 Å². The summed E-state index contributed by atoms with van der Waals surface area (Å²) in [5, 5.41) is 24.6. The molecule has 10 atom stereocenters. The van der Waals surface area contributed by atoms with Gasteiger partial charge >= 0.3 is 47.8 Å². The highest BCUT2D eigenvalue weighted by Gasteiger charge is 2.55. The van der Waals surface area contributed by atoms with E-state index in [9.17, 15) is 58.2 Å². The molecule has 0 saturated carbocycles. The molecule has 24 heteroatoms. The Morgan fingerprint density at radius 3 is 1.15 bits per heavy atom. The number of carbonyl (C=O) groups excluding carboxylic acids is 10. The van der Waals surface area contributed by atoms with E-state index in [4.69, 9.17) is 47.4 Å². The van der Waals surface area contributed by atoms with E-state index in [1.807, 2.05) is 0 Å². The summed E-state index contributed by atoms with van der Waals surface area (Å²) < 4.78 is 56.1. The van der Waals surface area contributed by atoms with Crippen molar-refractivity contribution in [2.24, 2.45) is 5.41 Å². The lowest BCUT2D eigenvalue weighted by Gasteiger charge is -2.45. The molecule has 1 aromatic rings. The standard InChI is InChI=1S/C42H50O22S2/c1-15(43)55-13-25-32(57-17(3)45)34(59-19(5)47)36(61-21(7)49)40(63-25)65-38-30(53)27-24(51)12-23(42(9,10)11)29(52)28(27)31(54)39(38)66-41-37(62-22(8)50)35(60-20(6)48)33(58-18(4)46)26(64-41)14-56-16(2)44/h12,25-26,32-37,40-41,53-54H,13-14H2,1-11H3. The highest BCUT2D eigenvalue weighted by Crippen LogP contribution is 2.55. The lowest BCUT2D eigenvalue weighted by Crippen LogP contribution is -2.61. The number of carbonyl (C=O) groups is 10. The van der Waals surface area contributed by atoms with Gasteiger partial charge in [0.05, 0.1) is 20.9 Å². The molecule has 0 bridgehead atoms. The minimum atomic E-state index is -1.77. The number of phenolic OH excluding ortho intramolecular Hbond substituents is 2. The highest BCUT2D eigenvalue weighted by molar-refractivity contribution is 8.03. The number of thioether (sulfide) groups is 2. The fourth-order valence-electron chi connectivity index (χ4n) is 7.12. The van der Waals surface area contributed by atoms with Crippen molar-refractivity contribution in [1.29, 1.82) is 0 Å². The van der Waals surface area contributed by atoms with Gasteiger partial charge in [0, 0.05) is 61.0 Å². The lowest BCUT2D eigenvalue weighted by molar-refractivity contribution is -0.237. The zero-order valence-corrected chi connectivity index (χ0v) is 39.3.